The lowest BCUT2D eigenvalue weighted by molar-refractivity contribution is -0.642. The van der Waals surface area contributed by atoms with E-state index in [0.717, 1.165) is 17.3 Å². The summed E-state index contributed by atoms with van der Waals surface area (Å²) in [5, 5.41) is 1.90. The number of anilines is 1. The molecule has 0 spiro atoms. The van der Waals surface area contributed by atoms with Gasteiger partial charge in [-0.3, -0.25) is 0 Å². The van der Waals surface area contributed by atoms with Crippen LogP contribution in [0.2, 0.25) is 5.02 Å². The summed E-state index contributed by atoms with van der Waals surface area (Å²) < 4.78 is 9.35. The maximum Gasteiger partial charge on any atom is 0.262 e. The van der Waals surface area contributed by atoms with E-state index in [1.54, 1.807) is 11.3 Å². The number of thiazole rings is 1. The second kappa shape index (κ2) is 7.08. The van der Waals surface area contributed by atoms with Gasteiger partial charge >= 0.3 is 0 Å². The number of hydrogen-bond acceptors (Lipinski definition) is 3. The molecular formula is C19H16Cl2N2OS. The predicted octanol–water partition coefficient (Wildman–Crippen LogP) is 1.77. The zero-order valence-electron chi connectivity index (χ0n) is 13.7. The van der Waals surface area contributed by atoms with Gasteiger partial charge in [0.15, 0.2) is 11.6 Å². The number of nitrogens with zero attached hydrogens (tertiary/aromatic N) is 2. The molecule has 3 nitrogen and oxygen atoms in total. The van der Waals surface area contributed by atoms with Crippen molar-refractivity contribution in [3.8, 4) is 5.75 Å². The van der Waals surface area contributed by atoms with Gasteiger partial charge in [0.2, 0.25) is 5.52 Å². The number of halogens is 2. The average molecular weight is 391 g/mol. The zero-order chi connectivity index (χ0) is 16.7. The van der Waals surface area contributed by atoms with Crippen molar-refractivity contribution in [3.63, 3.8) is 0 Å². The van der Waals surface area contributed by atoms with Gasteiger partial charge in [-0.25, -0.2) is 0 Å². The number of allylic oxidation sites excluding steroid dienone is 2. The molecule has 0 aliphatic carbocycles. The maximum atomic E-state index is 6.06. The van der Waals surface area contributed by atoms with Crippen molar-refractivity contribution in [1.82, 2.24) is 0 Å². The van der Waals surface area contributed by atoms with Gasteiger partial charge in [-0.05, 0) is 36.4 Å². The first-order chi connectivity index (χ1) is 11.6. The Morgan fingerprint density at radius 1 is 1.20 bits per heavy atom. The number of fused-ring (bicyclic) bond motifs is 2. The summed E-state index contributed by atoms with van der Waals surface area (Å²) >= 11 is 7.83. The highest BCUT2D eigenvalue weighted by molar-refractivity contribution is 7.18. The smallest absolute Gasteiger partial charge is 0.262 e. The number of para-hydroxylation sites is 1. The highest BCUT2D eigenvalue weighted by Gasteiger charge is 2.22. The van der Waals surface area contributed by atoms with Crippen molar-refractivity contribution in [2.24, 2.45) is 7.05 Å². The Bertz CT molecular complexity index is 994. The standard InChI is InChI=1S/C19H16ClN2OS.ClH/c1-21-15-12-13(20)10-11-16(15)23-18(21)8-5-9-19-22(2)14-6-3-4-7-17(14)24-19;/h3-12H,1-2H3;1H/q+1;/p-1. The summed E-state index contributed by atoms with van der Waals surface area (Å²) in [5.74, 6) is 1.61. The molecule has 1 aliphatic rings. The molecule has 0 fully saturated rings. The Hall–Kier alpha value is -2.01. The minimum atomic E-state index is 0. The zero-order valence-corrected chi connectivity index (χ0v) is 16.1. The molecule has 1 aliphatic heterocycles. The minimum Gasteiger partial charge on any atom is -1.00 e. The van der Waals surface area contributed by atoms with Crippen LogP contribution in [0.15, 0.2) is 60.5 Å². The fraction of sp³-hybridized carbons (Fsp3) is 0.105. The molecule has 0 amide bonds. The van der Waals surface area contributed by atoms with E-state index in [0.29, 0.717) is 5.02 Å². The van der Waals surface area contributed by atoms with Crippen LogP contribution in [0.1, 0.15) is 5.01 Å². The topological polar surface area (TPSA) is 16.4 Å². The van der Waals surface area contributed by atoms with Crippen LogP contribution in [-0.2, 0) is 7.05 Å². The van der Waals surface area contributed by atoms with E-state index in [1.807, 2.05) is 42.3 Å². The van der Waals surface area contributed by atoms with Crippen LogP contribution >= 0.6 is 22.9 Å². The molecule has 0 saturated heterocycles. The van der Waals surface area contributed by atoms with Crippen LogP contribution in [0.5, 0.6) is 5.75 Å². The Labute approximate surface area is 161 Å². The highest BCUT2D eigenvalue weighted by atomic mass is 35.5. The molecule has 2 heterocycles. The molecule has 3 aromatic rings. The third kappa shape index (κ3) is 3.25. The summed E-state index contributed by atoms with van der Waals surface area (Å²) in [7, 11) is 4.06. The van der Waals surface area contributed by atoms with Gasteiger partial charge in [-0.2, -0.15) is 4.57 Å². The minimum absolute atomic E-state index is 0. The van der Waals surface area contributed by atoms with E-state index in [2.05, 4.69) is 42.0 Å². The lowest BCUT2D eigenvalue weighted by Gasteiger charge is -2.09. The number of rotatable bonds is 2. The van der Waals surface area contributed by atoms with Crippen molar-refractivity contribution < 1.29 is 21.7 Å². The molecule has 128 valence electrons. The van der Waals surface area contributed by atoms with Gasteiger partial charge in [0.1, 0.15) is 11.7 Å². The Morgan fingerprint density at radius 2 is 2.00 bits per heavy atom. The van der Waals surface area contributed by atoms with Gasteiger partial charge in [0.25, 0.3) is 5.01 Å². The van der Waals surface area contributed by atoms with Crippen LogP contribution in [0, 0.1) is 0 Å². The van der Waals surface area contributed by atoms with E-state index in [4.69, 9.17) is 16.3 Å². The van der Waals surface area contributed by atoms with Crippen LogP contribution in [0.3, 0.4) is 0 Å². The Morgan fingerprint density at radius 3 is 2.80 bits per heavy atom. The lowest BCUT2D eigenvalue weighted by atomic mass is 10.3. The molecule has 2 aromatic carbocycles. The summed E-state index contributed by atoms with van der Waals surface area (Å²) in [6.45, 7) is 0. The summed E-state index contributed by atoms with van der Waals surface area (Å²) in [6, 6.07) is 14.1. The van der Waals surface area contributed by atoms with E-state index in [1.165, 1.54) is 15.2 Å². The van der Waals surface area contributed by atoms with E-state index >= 15 is 0 Å². The molecule has 0 saturated carbocycles. The summed E-state index contributed by atoms with van der Waals surface area (Å²) in [5.41, 5.74) is 2.22. The van der Waals surface area contributed by atoms with Crippen molar-refractivity contribution in [2.75, 3.05) is 11.9 Å². The number of hydrogen-bond donors (Lipinski definition) is 0. The van der Waals surface area contributed by atoms with Gasteiger partial charge in [-0.15, -0.1) is 0 Å². The molecule has 4 rings (SSSR count). The van der Waals surface area contributed by atoms with Crippen molar-refractivity contribution >= 4 is 44.9 Å². The predicted molar refractivity (Wildman–Crippen MR) is 101 cm³/mol. The van der Waals surface area contributed by atoms with Crippen molar-refractivity contribution in [1.29, 1.82) is 0 Å². The monoisotopic (exact) mass is 390 g/mol. The summed E-state index contributed by atoms with van der Waals surface area (Å²) in [4.78, 5) is 2.00. The largest absolute Gasteiger partial charge is 1.00 e. The molecule has 0 bridgehead atoms. The van der Waals surface area contributed by atoms with Crippen LogP contribution in [0.25, 0.3) is 16.3 Å². The number of aromatic nitrogens is 1. The Balaban J connectivity index is 0.00000182. The molecule has 0 atom stereocenters. The molecule has 0 N–H and O–H groups in total. The molecule has 6 heteroatoms. The van der Waals surface area contributed by atoms with Crippen LogP contribution < -0.4 is 26.6 Å². The third-order valence-corrected chi connectivity index (χ3v) is 5.50. The van der Waals surface area contributed by atoms with Gasteiger partial charge in [-0.1, -0.05) is 35.1 Å². The SMILES string of the molecule is CN1/C(=C/C=C/c2sc3ccccc3[n+]2C)Oc2ccc(Cl)cc21.[Cl-]. The van der Waals surface area contributed by atoms with Crippen molar-refractivity contribution in [3.05, 3.63) is 70.5 Å². The molecular weight excluding hydrogens is 375 g/mol. The van der Waals surface area contributed by atoms with Crippen LogP contribution in [-0.4, -0.2) is 7.05 Å². The average Bonchev–Trinajstić information content (AvgIpc) is 3.07. The van der Waals surface area contributed by atoms with E-state index in [-0.39, 0.29) is 12.4 Å². The number of benzene rings is 2. The van der Waals surface area contributed by atoms with Crippen molar-refractivity contribution in [2.45, 2.75) is 0 Å². The van der Waals surface area contributed by atoms with E-state index in [9.17, 15) is 0 Å². The van der Waals surface area contributed by atoms with Gasteiger partial charge in [0, 0.05) is 24.2 Å². The van der Waals surface area contributed by atoms with E-state index < -0.39 is 0 Å². The molecule has 0 unspecified atom stereocenters. The maximum absolute atomic E-state index is 6.06. The molecule has 25 heavy (non-hydrogen) atoms. The number of ether oxygens (including phenoxy) is 1. The molecule has 1 aromatic heterocycles. The first-order valence-corrected chi connectivity index (χ1v) is 8.80. The second-order valence-electron chi connectivity index (χ2n) is 5.60. The summed E-state index contributed by atoms with van der Waals surface area (Å²) in [6.07, 6.45) is 6.09. The second-order valence-corrected chi connectivity index (χ2v) is 7.10. The fourth-order valence-corrected chi connectivity index (χ4v) is 3.99. The van der Waals surface area contributed by atoms with Gasteiger partial charge < -0.3 is 22.0 Å². The third-order valence-electron chi connectivity index (χ3n) is 4.08. The Kier molecular flexibility index (Phi) is 5.04. The quantitative estimate of drug-likeness (QED) is 0.620. The normalized spacial score (nSPS) is 14.8. The molecule has 0 radical (unpaired) electrons. The van der Waals surface area contributed by atoms with Gasteiger partial charge in [0.05, 0.1) is 5.69 Å². The number of aryl methyl sites for hydroxylation is 1. The first kappa shape index (κ1) is 17.8. The lowest BCUT2D eigenvalue weighted by Crippen LogP contribution is -3.00. The highest BCUT2D eigenvalue weighted by Crippen LogP contribution is 2.39. The van der Waals surface area contributed by atoms with Crippen LogP contribution in [0.4, 0.5) is 5.69 Å². The fourth-order valence-electron chi connectivity index (χ4n) is 2.76. The first-order valence-electron chi connectivity index (χ1n) is 7.60.